The molecule has 0 unspecified atom stereocenters. The van der Waals surface area contributed by atoms with Gasteiger partial charge in [-0.15, -0.1) is 6.58 Å². The first kappa shape index (κ1) is 9.54. The third-order valence-corrected chi connectivity index (χ3v) is 0.167. The number of rotatable bonds is 1. The first-order chi connectivity index (χ1) is 3.33. The van der Waals surface area contributed by atoms with E-state index in [1.165, 1.54) is 7.85 Å². The van der Waals surface area contributed by atoms with Crippen molar-refractivity contribution in [1.82, 2.24) is 0 Å². The van der Waals surface area contributed by atoms with Crippen LogP contribution in [-0.2, 0) is 0 Å². The van der Waals surface area contributed by atoms with Crippen LogP contribution in [0.5, 0.6) is 0 Å². The Kier molecular flexibility index (Phi) is 25.5. The standard InChI is InChI=1S/C3H7N.CH2BN/c1-2-3-4;2-1-3/h2H,1,3-4H2;2H2. The van der Waals surface area contributed by atoms with Crippen molar-refractivity contribution in [1.29, 1.82) is 5.26 Å². The van der Waals surface area contributed by atoms with Crippen molar-refractivity contribution in [2.75, 3.05) is 6.54 Å². The van der Waals surface area contributed by atoms with E-state index >= 15 is 0 Å². The van der Waals surface area contributed by atoms with Crippen LogP contribution in [0.4, 0.5) is 0 Å². The van der Waals surface area contributed by atoms with Gasteiger partial charge in [0.05, 0.1) is 0 Å². The molecular formula is C4H9BN2. The molecule has 0 aromatic rings. The highest BCUT2D eigenvalue weighted by atomic mass is 14.5. The average molecular weight is 95.9 g/mol. The molecule has 2 nitrogen and oxygen atoms in total. The largest absolute Gasteiger partial charge is 0.327 e. The van der Waals surface area contributed by atoms with Crippen LogP contribution in [-0.4, -0.2) is 14.4 Å². The molecule has 0 amide bonds. The Morgan fingerprint density at radius 1 is 2.00 bits per heavy atom. The summed E-state index contributed by atoms with van der Waals surface area (Å²) in [6.45, 7) is 3.94. The van der Waals surface area contributed by atoms with Crippen LogP contribution in [0.15, 0.2) is 12.7 Å². The van der Waals surface area contributed by atoms with Crippen LogP contribution in [0.2, 0.25) is 0 Å². The molecule has 7 heavy (non-hydrogen) atoms. The summed E-state index contributed by atoms with van der Waals surface area (Å²) in [7, 11) is 1.43. The maximum atomic E-state index is 7.32. The molecule has 0 rings (SSSR count). The second-order valence-electron chi connectivity index (χ2n) is 0.748. The molecule has 0 aliphatic carbocycles. The van der Waals surface area contributed by atoms with Crippen LogP contribution >= 0.6 is 0 Å². The van der Waals surface area contributed by atoms with Gasteiger partial charge in [-0.3, -0.25) is 0 Å². The van der Waals surface area contributed by atoms with E-state index in [1.807, 2.05) is 0 Å². The van der Waals surface area contributed by atoms with E-state index in [9.17, 15) is 0 Å². The first-order valence-electron chi connectivity index (χ1n) is 1.95. The van der Waals surface area contributed by atoms with E-state index in [0.717, 1.165) is 0 Å². The summed E-state index contributed by atoms with van der Waals surface area (Å²) in [5.41, 5.74) is 4.91. The van der Waals surface area contributed by atoms with Crippen molar-refractivity contribution in [2.24, 2.45) is 5.73 Å². The molecule has 0 spiro atoms. The molecule has 0 atom stereocenters. The molecule has 2 N–H and O–H groups in total. The minimum atomic E-state index is 0.583. The molecule has 0 saturated heterocycles. The Balaban J connectivity index is 0. The van der Waals surface area contributed by atoms with E-state index in [4.69, 9.17) is 11.0 Å². The van der Waals surface area contributed by atoms with Crippen LogP contribution in [0, 0.1) is 11.2 Å². The predicted molar refractivity (Wildman–Crippen MR) is 33.4 cm³/mol. The first-order valence-corrected chi connectivity index (χ1v) is 1.95. The summed E-state index contributed by atoms with van der Waals surface area (Å²) < 4.78 is 0. The van der Waals surface area contributed by atoms with Crippen molar-refractivity contribution < 1.29 is 0 Å². The molecule has 0 radical (unpaired) electrons. The molecule has 0 aliphatic rings. The number of hydrogen-bond donors (Lipinski definition) is 1. The Labute approximate surface area is 45.0 Å². The van der Waals surface area contributed by atoms with Crippen molar-refractivity contribution in [2.45, 2.75) is 0 Å². The van der Waals surface area contributed by atoms with Gasteiger partial charge in [-0.25, -0.2) is 5.26 Å². The van der Waals surface area contributed by atoms with E-state index in [0.29, 0.717) is 6.54 Å². The van der Waals surface area contributed by atoms with Crippen molar-refractivity contribution in [3.05, 3.63) is 12.7 Å². The number of nitriles is 1. The molecule has 0 aromatic carbocycles. The lowest BCUT2D eigenvalue weighted by Gasteiger charge is -1.61. The predicted octanol–water partition coefficient (Wildman–Crippen LogP) is -0.768. The molecule has 0 aliphatic heterocycles. The fourth-order valence-corrected chi connectivity index (χ4v) is 0. The smallest absolute Gasteiger partial charge is 0.232 e. The quantitative estimate of drug-likeness (QED) is 0.344. The fraction of sp³-hybridized carbons (Fsp3) is 0.250. The number of nitrogens with zero attached hydrogens (tertiary/aromatic N) is 1. The molecule has 3 heteroatoms. The lowest BCUT2D eigenvalue weighted by molar-refractivity contribution is 1.26. The van der Waals surface area contributed by atoms with E-state index in [1.54, 1.807) is 12.0 Å². The van der Waals surface area contributed by atoms with Crippen molar-refractivity contribution in [3.8, 4) is 5.97 Å². The minimum Gasteiger partial charge on any atom is -0.327 e. The zero-order chi connectivity index (χ0) is 6.12. The highest BCUT2D eigenvalue weighted by Crippen LogP contribution is 1.40. The zero-order valence-electron chi connectivity index (χ0n) is 4.52. The van der Waals surface area contributed by atoms with Crippen LogP contribution in [0.3, 0.4) is 0 Å². The molecule has 0 heterocycles. The SMILES string of the molecule is BC#N.C=CCN. The molecular weight excluding hydrogens is 86.9 g/mol. The van der Waals surface area contributed by atoms with Crippen molar-refractivity contribution >= 4 is 7.85 Å². The van der Waals surface area contributed by atoms with Gasteiger partial charge >= 0.3 is 0 Å². The Morgan fingerprint density at radius 2 is 2.14 bits per heavy atom. The van der Waals surface area contributed by atoms with Crippen LogP contribution in [0.25, 0.3) is 0 Å². The summed E-state index contributed by atoms with van der Waals surface area (Å²) in [5, 5.41) is 7.32. The normalized spacial score (nSPS) is 4.57. The highest BCUT2D eigenvalue weighted by molar-refractivity contribution is 6.20. The van der Waals surface area contributed by atoms with Gasteiger partial charge in [-0.2, -0.15) is 0 Å². The Bertz CT molecular complexity index is 64.6. The maximum Gasteiger partial charge on any atom is 0.232 e. The molecule has 0 aromatic heterocycles. The summed E-state index contributed by atoms with van der Waals surface area (Å²) in [6, 6.07) is 0. The summed E-state index contributed by atoms with van der Waals surface area (Å²) >= 11 is 0. The summed E-state index contributed by atoms with van der Waals surface area (Å²) in [6.07, 6.45) is 1.65. The number of nitrogens with two attached hydrogens (primary N) is 1. The maximum absolute atomic E-state index is 7.32. The lowest BCUT2D eigenvalue weighted by atomic mass is 10.2. The highest BCUT2D eigenvalue weighted by Gasteiger charge is 1.43. The zero-order valence-corrected chi connectivity index (χ0v) is 4.52. The monoisotopic (exact) mass is 96.1 g/mol. The minimum absolute atomic E-state index is 0.583. The second-order valence-corrected chi connectivity index (χ2v) is 0.748. The van der Waals surface area contributed by atoms with Gasteiger partial charge in [0.15, 0.2) is 0 Å². The van der Waals surface area contributed by atoms with Gasteiger partial charge in [0.1, 0.15) is 0 Å². The van der Waals surface area contributed by atoms with Gasteiger partial charge in [0, 0.05) is 6.54 Å². The lowest BCUT2D eigenvalue weighted by Crippen LogP contribution is -1.90. The molecule has 0 fully saturated rings. The van der Waals surface area contributed by atoms with Crippen molar-refractivity contribution in [3.63, 3.8) is 0 Å². The molecule has 38 valence electrons. The Morgan fingerprint density at radius 3 is 2.14 bits per heavy atom. The van der Waals surface area contributed by atoms with Gasteiger partial charge in [0.25, 0.3) is 0 Å². The summed E-state index contributed by atoms with van der Waals surface area (Å²) in [4.78, 5) is 0. The van der Waals surface area contributed by atoms with Gasteiger partial charge < -0.3 is 5.73 Å². The third-order valence-electron chi connectivity index (χ3n) is 0.167. The average Bonchev–Trinajstić information content (AvgIpc) is 1.69. The van der Waals surface area contributed by atoms with Gasteiger partial charge in [0.2, 0.25) is 7.85 Å². The van der Waals surface area contributed by atoms with E-state index in [-0.39, 0.29) is 0 Å². The van der Waals surface area contributed by atoms with E-state index in [2.05, 4.69) is 6.58 Å². The molecule has 0 saturated carbocycles. The Hall–Kier alpha value is -0.745. The third kappa shape index (κ3) is 857. The van der Waals surface area contributed by atoms with Gasteiger partial charge in [-0.1, -0.05) is 6.08 Å². The summed E-state index contributed by atoms with van der Waals surface area (Å²) in [5.74, 6) is 1.75. The second kappa shape index (κ2) is 18.7. The number of hydrogen-bond acceptors (Lipinski definition) is 2. The van der Waals surface area contributed by atoms with E-state index < -0.39 is 0 Å². The topological polar surface area (TPSA) is 49.8 Å². The van der Waals surface area contributed by atoms with Crippen LogP contribution in [0.1, 0.15) is 0 Å². The van der Waals surface area contributed by atoms with Gasteiger partial charge in [-0.05, 0) is 5.97 Å². The fourth-order valence-electron chi connectivity index (χ4n) is 0. The van der Waals surface area contributed by atoms with Crippen LogP contribution < -0.4 is 5.73 Å². The molecule has 0 bridgehead atoms.